The number of hydrogen-bond acceptors (Lipinski definition) is 6. The summed E-state index contributed by atoms with van der Waals surface area (Å²) in [5.41, 5.74) is 2.69. The van der Waals surface area contributed by atoms with E-state index in [1.165, 1.54) is 11.3 Å². The van der Waals surface area contributed by atoms with Crippen LogP contribution in [0.5, 0.6) is 10.9 Å². The summed E-state index contributed by atoms with van der Waals surface area (Å²) in [6.07, 6.45) is 3.98. The highest BCUT2D eigenvalue weighted by atomic mass is 32.1. The molecule has 0 saturated heterocycles. The van der Waals surface area contributed by atoms with Crippen molar-refractivity contribution in [1.29, 1.82) is 0 Å². The van der Waals surface area contributed by atoms with Crippen LogP contribution < -0.4 is 10.4 Å². The summed E-state index contributed by atoms with van der Waals surface area (Å²) in [6, 6.07) is 19.9. The summed E-state index contributed by atoms with van der Waals surface area (Å²) in [6.45, 7) is 0. The first kappa shape index (κ1) is 22.7. The Morgan fingerprint density at radius 1 is 1.09 bits per heavy atom. The molecular formula is C27H20BFN2O3S. The van der Waals surface area contributed by atoms with Crippen molar-refractivity contribution in [2.45, 2.75) is 12.7 Å². The number of aliphatic imine (C=N–C) groups is 1. The molecule has 35 heavy (non-hydrogen) atoms. The minimum Gasteiger partial charge on any atom is -0.431 e. The van der Waals surface area contributed by atoms with Gasteiger partial charge in [0, 0.05) is 41.2 Å². The number of hydrogen-bond donors (Lipinski definition) is 0. The Kier molecular flexibility index (Phi) is 6.54. The zero-order valence-corrected chi connectivity index (χ0v) is 19.7. The third kappa shape index (κ3) is 4.93. The van der Waals surface area contributed by atoms with Gasteiger partial charge in [0.2, 0.25) is 0 Å². The predicted molar refractivity (Wildman–Crippen MR) is 140 cm³/mol. The molecule has 0 radical (unpaired) electrons. The molecule has 0 fully saturated rings. The molecule has 0 amide bonds. The van der Waals surface area contributed by atoms with Crippen molar-refractivity contribution in [3.05, 3.63) is 117 Å². The normalized spacial score (nSPS) is 11.3. The first-order chi connectivity index (χ1) is 17.1. The van der Waals surface area contributed by atoms with Gasteiger partial charge in [-0.3, -0.25) is 4.99 Å². The molecular weight excluding hydrogens is 462 g/mol. The molecule has 0 aliphatic rings. The van der Waals surface area contributed by atoms with Gasteiger partial charge in [0.1, 0.15) is 19.2 Å². The van der Waals surface area contributed by atoms with E-state index in [0.29, 0.717) is 34.0 Å². The molecule has 5 rings (SSSR count). The molecule has 0 bridgehead atoms. The molecule has 0 unspecified atom stereocenters. The van der Waals surface area contributed by atoms with Crippen molar-refractivity contribution < 1.29 is 13.5 Å². The quantitative estimate of drug-likeness (QED) is 0.171. The number of nitrogens with zero attached hydrogens (tertiary/aromatic N) is 2. The SMILES string of the molecule is BCc1c(Cc2cccc(/N=C\c3ccccc3)c2F)c(=O)oc2cc(Oc3nccs3)ccc12. The van der Waals surface area contributed by atoms with Crippen LogP contribution in [0, 0.1) is 5.82 Å². The lowest BCUT2D eigenvalue weighted by Crippen LogP contribution is -2.13. The molecule has 2 heterocycles. The molecule has 0 aliphatic carbocycles. The maximum absolute atomic E-state index is 15.3. The number of ether oxygens (including phenoxy) is 1. The van der Waals surface area contributed by atoms with Gasteiger partial charge >= 0.3 is 5.63 Å². The van der Waals surface area contributed by atoms with E-state index in [4.69, 9.17) is 9.15 Å². The largest absolute Gasteiger partial charge is 0.431 e. The van der Waals surface area contributed by atoms with Crippen LogP contribution in [0.25, 0.3) is 11.0 Å². The van der Waals surface area contributed by atoms with Gasteiger partial charge < -0.3 is 9.15 Å². The highest BCUT2D eigenvalue weighted by Crippen LogP contribution is 2.30. The fourth-order valence-corrected chi connectivity index (χ4v) is 4.47. The summed E-state index contributed by atoms with van der Waals surface area (Å²) >= 11 is 1.37. The van der Waals surface area contributed by atoms with Crippen LogP contribution in [0.1, 0.15) is 22.3 Å². The maximum atomic E-state index is 15.3. The Morgan fingerprint density at radius 2 is 1.94 bits per heavy atom. The second-order valence-electron chi connectivity index (χ2n) is 7.85. The lowest BCUT2D eigenvalue weighted by molar-refractivity contribution is 0.476. The molecule has 8 heteroatoms. The monoisotopic (exact) mass is 482 g/mol. The van der Waals surface area contributed by atoms with E-state index in [0.717, 1.165) is 16.5 Å². The van der Waals surface area contributed by atoms with Crippen molar-refractivity contribution >= 4 is 42.1 Å². The minimum atomic E-state index is -0.488. The number of rotatable bonds is 7. The smallest absolute Gasteiger partial charge is 0.340 e. The third-order valence-corrected chi connectivity index (χ3v) is 6.29. The molecule has 0 N–H and O–H groups in total. The molecule has 172 valence electrons. The first-order valence-electron chi connectivity index (χ1n) is 11.1. The minimum absolute atomic E-state index is 0.110. The summed E-state index contributed by atoms with van der Waals surface area (Å²) in [7, 11) is 1.97. The number of thiazole rings is 1. The lowest BCUT2D eigenvalue weighted by Gasteiger charge is -2.12. The van der Waals surface area contributed by atoms with E-state index < -0.39 is 11.4 Å². The third-order valence-electron chi connectivity index (χ3n) is 5.64. The van der Waals surface area contributed by atoms with Gasteiger partial charge in [0.15, 0.2) is 5.82 Å². The van der Waals surface area contributed by atoms with Gasteiger partial charge in [0.05, 0.1) is 5.69 Å². The van der Waals surface area contributed by atoms with E-state index in [9.17, 15) is 4.79 Å². The van der Waals surface area contributed by atoms with Crippen LogP contribution in [0.2, 0.25) is 0 Å². The number of benzene rings is 3. The number of aromatic nitrogens is 1. The predicted octanol–water partition coefficient (Wildman–Crippen LogP) is 5.66. The van der Waals surface area contributed by atoms with Gasteiger partial charge in [-0.2, -0.15) is 0 Å². The summed E-state index contributed by atoms with van der Waals surface area (Å²) in [4.78, 5) is 21.4. The van der Waals surface area contributed by atoms with Gasteiger partial charge in [0.25, 0.3) is 5.19 Å². The zero-order chi connectivity index (χ0) is 24.2. The Morgan fingerprint density at radius 3 is 2.71 bits per heavy atom. The van der Waals surface area contributed by atoms with E-state index in [2.05, 4.69) is 9.98 Å². The molecule has 0 saturated carbocycles. The summed E-state index contributed by atoms with van der Waals surface area (Å²) < 4.78 is 26.7. The van der Waals surface area contributed by atoms with Crippen molar-refractivity contribution in [3.63, 3.8) is 0 Å². The van der Waals surface area contributed by atoms with Crippen LogP contribution in [0.3, 0.4) is 0 Å². The highest BCUT2D eigenvalue weighted by molar-refractivity contribution is 7.11. The summed E-state index contributed by atoms with van der Waals surface area (Å²) in [5, 5.41) is 3.12. The number of halogens is 1. The molecule has 5 nitrogen and oxygen atoms in total. The molecule has 2 aromatic heterocycles. The second-order valence-corrected chi connectivity index (χ2v) is 8.71. The van der Waals surface area contributed by atoms with E-state index in [1.54, 1.807) is 36.7 Å². The Hall–Kier alpha value is -4.04. The number of fused-ring (bicyclic) bond motifs is 1. The average Bonchev–Trinajstić information content (AvgIpc) is 3.38. The molecule has 0 aliphatic heterocycles. The van der Waals surface area contributed by atoms with Crippen LogP contribution >= 0.6 is 11.3 Å². The Bertz CT molecular complexity index is 1570. The van der Waals surface area contributed by atoms with Crippen molar-refractivity contribution in [2.24, 2.45) is 4.99 Å². The molecule has 3 aromatic carbocycles. The van der Waals surface area contributed by atoms with Crippen LogP contribution in [0.15, 0.2) is 92.5 Å². The van der Waals surface area contributed by atoms with Gasteiger partial charge in [-0.15, -0.1) is 0 Å². The molecule has 5 aromatic rings. The Balaban J connectivity index is 1.48. The zero-order valence-electron chi connectivity index (χ0n) is 18.9. The van der Waals surface area contributed by atoms with Crippen molar-refractivity contribution in [2.75, 3.05) is 0 Å². The average molecular weight is 482 g/mol. The fourth-order valence-electron chi connectivity index (χ4n) is 3.97. The van der Waals surface area contributed by atoms with E-state index in [-0.39, 0.29) is 12.1 Å². The van der Waals surface area contributed by atoms with Gasteiger partial charge in [-0.25, -0.2) is 14.2 Å². The highest BCUT2D eigenvalue weighted by Gasteiger charge is 2.17. The van der Waals surface area contributed by atoms with Crippen molar-refractivity contribution in [3.8, 4) is 10.9 Å². The second kappa shape index (κ2) is 10.1. The topological polar surface area (TPSA) is 64.7 Å². The van der Waals surface area contributed by atoms with Gasteiger partial charge in [-0.05, 0) is 34.9 Å². The van der Waals surface area contributed by atoms with E-state index in [1.807, 2.05) is 55.7 Å². The molecule has 0 spiro atoms. The van der Waals surface area contributed by atoms with Gasteiger partial charge in [-0.1, -0.05) is 60.1 Å². The maximum Gasteiger partial charge on any atom is 0.340 e. The van der Waals surface area contributed by atoms with Crippen LogP contribution in [0.4, 0.5) is 10.1 Å². The lowest BCUT2D eigenvalue weighted by atomic mass is 9.88. The molecule has 0 atom stereocenters. The Labute approximate surface area is 206 Å². The standard InChI is InChI=1S/C27H20BFN2O3S/c28-15-22-20-10-9-19(33-27-30-11-12-35-27)14-24(20)34-26(32)21(22)13-18-7-4-8-23(25(18)29)31-16-17-5-2-1-3-6-17/h1-12,14,16H,13,15,28H2/b31-16-. The fraction of sp³-hybridized carbons (Fsp3) is 0.0741. The van der Waals surface area contributed by atoms with Crippen LogP contribution in [-0.4, -0.2) is 19.0 Å². The first-order valence-corrected chi connectivity index (χ1v) is 12.0. The summed E-state index contributed by atoms with van der Waals surface area (Å²) in [5.74, 6) is 0.0776. The van der Waals surface area contributed by atoms with E-state index >= 15 is 4.39 Å². The van der Waals surface area contributed by atoms with Crippen molar-refractivity contribution in [1.82, 2.24) is 4.98 Å². The van der Waals surface area contributed by atoms with Crippen LogP contribution in [-0.2, 0) is 12.7 Å².